The molecule has 1 aromatic carbocycles. The molecule has 3 rings (SSSR count). The van der Waals surface area contributed by atoms with Crippen LogP contribution in [0.25, 0.3) is 5.69 Å². The lowest BCUT2D eigenvalue weighted by Gasteiger charge is -2.17. The predicted molar refractivity (Wildman–Crippen MR) is 113 cm³/mol. The minimum absolute atomic E-state index is 0.0637. The molecular formula is C20H24F2N4O2S. The Labute approximate surface area is 173 Å². The summed E-state index contributed by atoms with van der Waals surface area (Å²) < 4.78 is 36.3. The molecule has 0 saturated carbocycles. The summed E-state index contributed by atoms with van der Waals surface area (Å²) in [4.78, 5) is 4.54. The van der Waals surface area contributed by atoms with Crippen molar-refractivity contribution in [2.24, 2.45) is 10.1 Å². The zero-order valence-corrected chi connectivity index (χ0v) is 17.6. The van der Waals surface area contributed by atoms with Crippen LogP contribution in [0.1, 0.15) is 23.9 Å². The summed E-state index contributed by atoms with van der Waals surface area (Å²) in [7, 11) is 1.66. The number of ether oxygens (including phenoxy) is 2. The quantitative estimate of drug-likeness (QED) is 0.729. The van der Waals surface area contributed by atoms with Gasteiger partial charge in [-0.15, -0.1) is 0 Å². The third kappa shape index (κ3) is 5.16. The molecule has 29 heavy (non-hydrogen) atoms. The maximum atomic E-state index is 12.4. The number of rotatable bonds is 7. The molecule has 0 fully saturated rings. The third-order valence-corrected chi connectivity index (χ3v) is 5.33. The molecule has 9 heteroatoms. The van der Waals surface area contributed by atoms with E-state index in [0.29, 0.717) is 12.4 Å². The Morgan fingerprint density at radius 1 is 1.28 bits per heavy atom. The van der Waals surface area contributed by atoms with Gasteiger partial charge in [0.15, 0.2) is 5.17 Å². The number of alkyl halides is 2. The first kappa shape index (κ1) is 21.3. The van der Waals surface area contributed by atoms with Crippen molar-refractivity contribution in [3.63, 3.8) is 0 Å². The van der Waals surface area contributed by atoms with Gasteiger partial charge in [0.2, 0.25) is 0 Å². The van der Waals surface area contributed by atoms with E-state index in [1.807, 2.05) is 20.8 Å². The molecule has 1 atom stereocenters. The van der Waals surface area contributed by atoms with Gasteiger partial charge in [-0.3, -0.25) is 10.4 Å². The number of halogens is 2. The van der Waals surface area contributed by atoms with Gasteiger partial charge >= 0.3 is 6.61 Å². The first-order valence-electron chi connectivity index (χ1n) is 9.15. The SMILES string of the molecule is COC[C@H](C)N=C1NN=C(c2cc(C)n(-c3ccc(OC(F)F)cc3)c2C)CS1. The molecule has 0 amide bonds. The van der Waals surface area contributed by atoms with Crippen molar-refractivity contribution >= 4 is 22.6 Å². The lowest BCUT2D eigenvalue weighted by Crippen LogP contribution is -2.27. The number of hydrazone groups is 1. The Bertz CT molecular complexity index is 910. The van der Waals surface area contributed by atoms with Gasteiger partial charge < -0.3 is 14.0 Å². The topological polar surface area (TPSA) is 60.1 Å². The molecule has 1 aliphatic heterocycles. The van der Waals surface area contributed by atoms with Crippen LogP contribution in [0.4, 0.5) is 8.78 Å². The highest BCUT2D eigenvalue weighted by atomic mass is 32.2. The van der Waals surface area contributed by atoms with Crippen LogP contribution in [0.3, 0.4) is 0 Å². The number of aryl methyl sites for hydroxylation is 1. The Kier molecular flexibility index (Phi) is 6.92. The highest BCUT2D eigenvalue weighted by molar-refractivity contribution is 8.14. The molecule has 0 bridgehead atoms. The van der Waals surface area contributed by atoms with E-state index < -0.39 is 6.61 Å². The highest BCUT2D eigenvalue weighted by Gasteiger charge is 2.19. The monoisotopic (exact) mass is 422 g/mol. The van der Waals surface area contributed by atoms with Crippen LogP contribution in [0.2, 0.25) is 0 Å². The van der Waals surface area contributed by atoms with E-state index in [4.69, 9.17) is 4.74 Å². The normalized spacial score (nSPS) is 16.7. The Hall–Kier alpha value is -2.39. The van der Waals surface area contributed by atoms with Gasteiger partial charge in [-0.1, -0.05) is 11.8 Å². The number of nitrogens with one attached hydrogen (secondary N) is 1. The standard InChI is InChI=1S/C20H24F2N4O2S/c1-12(10-27-4)23-20-25-24-18(11-29-20)17-9-13(2)26(14(17)3)15-5-7-16(8-6-15)28-19(21)22/h5-9,12,19H,10-11H2,1-4H3,(H,23,25)/t12-/m0/s1. The van der Waals surface area contributed by atoms with E-state index in [1.54, 1.807) is 43.1 Å². The summed E-state index contributed by atoms with van der Waals surface area (Å²) in [6, 6.07) is 8.75. The fourth-order valence-corrected chi connectivity index (χ4v) is 4.09. The second-order valence-corrected chi connectivity index (χ2v) is 7.65. The largest absolute Gasteiger partial charge is 0.435 e. The summed E-state index contributed by atoms with van der Waals surface area (Å²) >= 11 is 1.60. The zero-order chi connectivity index (χ0) is 21.0. The highest BCUT2D eigenvalue weighted by Crippen LogP contribution is 2.25. The van der Waals surface area contributed by atoms with Crippen molar-refractivity contribution in [3.05, 3.63) is 47.3 Å². The second-order valence-electron chi connectivity index (χ2n) is 6.69. The van der Waals surface area contributed by atoms with Crippen molar-refractivity contribution in [2.75, 3.05) is 19.5 Å². The number of thioether (sulfide) groups is 1. The minimum atomic E-state index is -2.83. The molecule has 6 nitrogen and oxygen atoms in total. The fraction of sp³-hybridized carbons (Fsp3) is 0.400. The van der Waals surface area contributed by atoms with Crippen LogP contribution < -0.4 is 10.2 Å². The molecule has 0 unspecified atom stereocenters. The molecule has 0 radical (unpaired) electrons. The second kappa shape index (κ2) is 9.41. The van der Waals surface area contributed by atoms with Gasteiger partial charge in [0.25, 0.3) is 0 Å². The van der Waals surface area contributed by atoms with E-state index in [1.165, 1.54) is 0 Å². The van der Waals surface area contributed by atoms with Crippen LogP contribution >= 0.6 is 11.8 Å². The van der Waals surface area contributed by atoms with Crippen LogP contribution in [-0.4, -0.2) is 47.6 Å². The van der Waals surface area contributed by atoms with Crippen LogP contribution in [0, 0.1) is 13.8 Å². The van der Waals surface area contributed by atoms with E-state index in [2.05, 4.69) is 30.9 Å². The molecule has 2 heterocycles. The number of methoxy groups -OCH3 is 1. The van der Waals surface area contributed by atoms with Gasteiger partial charge in [-0.05, 0) is 51.1 Å². The Morgan fingerprint density at radius 2 is 2.00 bits per heavy atom. The number of nitrogens with zero attached hydrogens (tertiary/aromatic N) is 3. The summed E-state index contributed by atoms with van der Waals surface area (Å²) in [6.45, 7) is 3.74. The number of amidine groups is 1. The van der Waals surface area contributed by atoms with E-state index in [-0.39, 0.29) is 11.8 Å². The predicted octanol–water partition coefficient (Wildman–Crippen LogP) is 4.13. The lowest BCUT2D eigenvalue weighted by molar-refractivity contribution is -0.0498. The first-order valence-corrected chi connectivity index (χ1v) is 10.1. The Morgan fingerprint density at radius 3 is 2.59 bits per heavy atom. The van der Waals surface area contributed by atoms with Crippen LogP contribution in [-0.2, 0) is 4.74 Å². The number of aliphatic imine (C=N–C) groups is 1. The van der Waals surface area contributed by atoms with Crippen molar-refractivity contribution in [1.82, 2.24) is 9.99 Å². The summed E-state index contributed by atoms with van der Waals surface area (Å²) in [5.74, 6) is 0.843. The van der Waals surface area contributed by atoms with E-state index in [9.17, 15) is 8.78 Å². The molecule has 156 valence electrons. The van der Waals surface area contributed by atoms with E-state index >= 15 is 0 Å². The number of hydrogen-bond acceptors (Lipinski definition) is 5. The van der Waals surface area contributed by atoms with Crippen molar-refractivity contribution in [2.45, 2.75) is 33.4 Å². The summed E-state index contributed by atoms with van der Waals surface area (Å²) in [5.41, 5.74) is 7.93. The number of hydrogen-bond donors (Lipinski definition) is 1. The molecule has 0 saturated heterocycles. The van der Waals surface area contributed by atoms with Gasteiger partial charge in [-0.2, -0.15) is 13.9 Å². The van der Waals surface area contributed by atoms with E-state index in [0.717, 1.165) is 33.5 Å². The zero-order valence-electron chi connectivity index (χ0n) is 16.8. The van der Waals surface area contributed by atoms with Gasteiger partial charge in [0.05, 0.1) is 18.4 Å². The number of aromatic nitrogens is 1. The molecule has 0 spiro atoms. The Balaban J connectivity index is 1.80. The van der Waals surface area contributed by atoms with Gasteiger partial charge in [-0.25, -0.2) is 0 Å². The average Bonchev–Trinajstić information content (AvgIpc) is 2.97. The van der Waals surface area contributed by atoms with Gasteiger partial charge in [0.1, 0.15) is 5.75 Å². The molecule has 2 aromatic rings. The molecule has 1 aromatic heterocycles. The fourth-order valence-electron chi connectivity index (χ4n) is 3.23. The molecule has 1 N–H and O–H groups in total. The van der Waals surface area contributed by atoms with Crippen molar-refractivity contribution < 1.29 is 18.3 Å². The lowest BCUT2D eigenvalue weighted by atomic mass is 10.1. The molecule has 1 aliphatic rings. The summed E-state index contributed by atoms with van der Waals surface area (Å²) in [5, 5.41) is 5.29. The molecule has 0 aliphatic carbocycles. The maximum Gasteiger partial charge on any atom is 0.387 e. The van der Waals surface area contributed by atoms with Crippen molar-refractivity contribution in [1.29, 1.82) is 0 Å². The summed E-state index contributed by atoms with van der Waals surface area (Å²) in [6.07, 6.45) is 0. The smallest absolute Gasteiger partial charge is 0.387 e. The maximum absolute atomic E-state index is 12.4. The third-order valence-electron chi connectivity index (χ3n) is 4.44. The first-order chi connectivity index (χ1) is 13.9. The minimum Gasteiger partial charge on any atom is -0.435 e. The van der Waals surface area contributed by atoms with Gasteiger partial charge in [0, 0.05) is 35.5 Å². The number of benzene rings is 1. The van der Waals surface area contributed by atoms with Crippen molar-refractivity contribution in [3.8, 4) is 11.4 Å². The van der Waals surface area contributed by atoms with Crippen LogP contribution in [0.5, 0.6) is 5.75 Å². The van der Waals surface area contributed by atoms with Crippen LogP contribution in [0.15, 0.2) is 40.4 Å². The molecular weight excluding hydrogens is 398 g/mol. The average molecular weight is 423 g/mol.